The highest BCUT2D eigenvalue weighted by molar-refractivity contribution is 5.78. The van der Waals surface area contributed by atoms with Crippen LogP contribution in [0.4, 0.5) is 0 Å². The fourth-order valence-electron chi connectivity index (χ4n) is 2.45. The quantitative estimate of drug-likeness (QED) is 0.703. The number of rotatable bonds is 7. The predicted octanol–water partition coefficient (Wildman–Crippen LogP) is 2.80. The van der Waals surface area contributed by atoms with Crippen molar-refractivity contribution in [3.63, 3.8) is 0 Å². The molecule has 0 heterocycles. The molecule has 0 aromatic heterocycles. The van der Waals surface area contributed by atoms with E-state index in [1.807, 2.05) is 13.8 Å². The highest BCUT2D eigenvalue weighted by Crippen LogP contribution is 2.46. The highest BCUT2D eigenvalue weighted by Gasteiger charge is 2.51. The molecule has 1 fully saturated rings. The maximum absolute atomic E-state index is 11.5. The van der Waals surface area contributed by atoms with E-state index < -0.39 is 11.5 Å². The Bertz CT molecular complexity index is 255. The van der Waals surface area contributed by atoms with Gasteiger partial charge in [0.25, 0.3) is 0 Å². The van der Waals surface area contributed by atoms with Gasteiger partial charge in [-0.25, -0.2) is 0 Å². The molecule has 0 bridgehead atoms. The average Bonchev–Trinajstić information content (AvgIpc) is 2.73. The molecule has 0 saturated heterocycles. The van der Waals surface area contributed by atoms with Gasteiger partial charge in [0.05, 0.1) is 0 Å². The fourth-order valence-corrected chi connectivity index (χ4v) is 2.45. The number of hydrogen-bond donors (Lipinski definition) is 2. The van der Waals surface area contributed by atoms with Gasteiger partial charge in [0.15, 0.2) is 0 Å². The van der Waals surface area contributed by atoms with Crippen LogP contribution in [0.5, 0.6) is 0 Å². The Kier molecular flexibility index (Phi) is 4.00. The first kappa shape index (κ1) is 13.5. The Morgan fingerprint density at radius 1 is 1.38 bits per heavy atom. The molecule has 0 aliphatic heterocycles. The molecule has 0 aromatic rings. The van der Waals surface area contributed by atoms with Gasteiger partial charge in [-0.3, -0.25) is 10.1 Å². The van der Waals surface area contributed by atoms with Crippen LogP contribution in [0.25, 0.3) is 0 Å². The van der Waals surface area contributed by atoms with Crippen molar-refractivity contribution in [2.45, 2.75) is 71.4 Å². The van der Waals surface area contributed by atoms with E-state index in [2.05, 4.69) is 19.2 Å². The first-order valence-electron chi connectivity index (χ1n) is 6.39. The maximum atomic E-state index is 11.5. The smallest absolute Gasteiger partial charge is 0.323 e. The summed E-state index contributed by atoms with van der Waals surface area (Å²) < 4.78 is 0. The minimum Gasteiger partial charge on any atom is -0.480 e. The summed E-state index contributed by atoms with van der Waals surface area (Å²) in [6.45, 7) is 8.48. The van der Waals surface area contributed by atoms with Crippen LogP contribution in [0.3, 0.4) is 0 Å². The van der Waals surface area contributed by atoms with Gasteiger partial charge in [0, 0.05) is 6.04 Å². The van der Waals surface area contributed by atoms with Crippen molar-refractivity contribution in [3.05, 3.63) is 0 Å². The Morgan fingerprint density at radius 3 is 2.06 bits per heavy atom. The van der Waals surface area contributed by atoms with Gasteiger partial charge >= 0.3 is 5.97 Å². The van der Waals surface area contributed by atoms with E-state index in [4.69, 9.17) is 0 Å². The number of nitrogens with one attached hydrogen (secondary N) is 1. The zero-order chi connectivity index (χ0) is 12.4. The van der Waals surface area contributed by atoms with Gasteiger partial charge in [-0.15, -0.1) is 0 Å². The normalized spacial score (nSPS) is 23.1. The molecule has 2 N–H and O–H groups in total. The summed E-state index contributed by atoms with van der Waals surface area (Å²) in [7, 11) is 0. The van der Waals surface area contributed by atoms with E-state index in [0.717, 1.165) is 32.1 Å². The van der Waals surface area contributed by atoms with Crippen molar-refractivity contribution in [2.24, 2.45) is 5.41 Å². The van der Waals surface area contributed by atoms with E-state index in [1.165, 1.54) is 0 Å². The molecule has 1 rings (SSSR count). The van der Waals surface area contributed by atoms with Gasteiger partial charge in [-0.2, -0.15) is 0 Å². The molecule has 1 aliphatic carbocycles. The third-order valence-electron chi connectivity index (χ3n) is 3.73. The number of carbonyl (C=O) groups is 1. The maximum Gasteiger partial charge on any atom is 0.323 e. The SMILES string of the molecule is CCCC(CCC)(NC1CC1(C)C)C(=O)O. The van der Waals surface area contributed by atoms with Crippen LogP contribution >= 0.6 is 0 Å². The zero-order valence-electron chi connectivity index (χ0n) is 11.0. The molecule has 0 spiro atoms. The summed E-state index contributed by atoms with van der Waals surface area (Å²) in [5.41, 5.74) is -0.413. The Morgan fingerprint density at radius 2 is 1.81 bits per heavy atom. The lowest BCUT2D eigenvalue weighted by molar-refractivity contribution is -0.145. The van der Waals surface area contributed by atoms with Crippen molar-refractivity contribution in [2.75, 3.05) is 0 Å². The van der Waals surface area contributed by atoms with Crippen molar-refractivity contribution in [1.82, 2.24) is 5.32 Å². The second-order valence-electron chi connectivity index (χ2n) is 5.78. The molecule has 1 aliphatic rings. The van der Waals surface area contributed by atoms with Crippen LogP contribution in [0, 0.1) is 5.41 Å². The lowest BCUT2D eigenvalue weighted by Gasteiger charge is -2.31. The van der Waals surface area contributed by atoms with Gasteiger partial charge in [-0.1, -0.05) is 40.5 Å². The Labute approximate surface area is 98.6 Å². The second-order valence-corrected chi connectivity index (χ2v) is 5.78. The van der Waals surface area contributed by atoms with Crippen LogP contribution in [0.2, 0.25) is 0 Å². The summed E-state index contributed by atoms with van der Waals surface area (Å²) in [6.07, 6.45) is 4.36. The average molecular weight is 227 g/mol. The molecule has 94 valence electrons. The van der Waals surface area contributed by atoms with Crippen LogP contribution in [-0.2, 0) is 4.79 Å². The first-order valence-corrected chi connectivity index (χ1v) is 6.39. The molecule has 16 heavy (non-hydrogen) atoms. The summed E-state index contributed by atoms with van der Waals surface area (Å²) in [6, 6.07) is 0.377. The Hall–Kier alpha value is -0.570. The van der Waals surface area contributed by atoms with Gasteiger partial charge in [0.1, 0.15) is 5.54 Å². The summed E-state index contributed by atoms with van der Waals surface area (Å²) in [4.78, 5) is 11.5. The molecular weight excluding hydrogens is 202 g/mol. The van der Waals surface area contributed by atoms with Gasteiger partial charge in [-0.05, 0) is 24.7 Å². The minimum absolute atomic E-state index is 0.280. The van der Waals surface area contributed by atoms with Crippen LogP contribution in [-0.4, -0.2) is 22.7 Å². The highest BCUT2D eigenvalue weighted by atomic mass is 16.4. The summed E-state index contributed by atoms with van der Waals surface area (Å²) in [5.74, 6) is -0.682. The minimum atomic E-state index is -0.693. The number of hydrogen-bond acceptors (Lipinski definition) is 2. The lowest BCUT2D eigenvalue weighted by Crippen LogP contribution is -2.53. The lowest BCUT2D eigenvalue weighted by atomic mass is 9.88. The Balaban J connectivity index is 2.72. The van der Waals surface area contributed by atoms with Gasteiger partial charge < -0.3 is 5.11 Å². The van der Waals surface area contributed by atoms with Crippen molar-refractivity contribution >= 4 is 5.97 Å². The molecular formula is C13H25NO2. The van der Waals surface area contributed by atoms with Crippen molar-refractivity contribution < 1.29 is 9.90 Å². The summed E-state index contributed by atoms with van der Waals surface area (Å²) >= 11 is 0. The summed E-state index contributed by atoms with van der Waals surface area (Å²) in [5, 5.41) is 12.9. The monoisotopic (exact) mass is 227 g/mol. The molecule has 1 saturated carbocycles. The molecule has 0 aromatic carbocycles. The van der Waals surface area contributed by atoms with Crippen molar-refractivity contribution in [3.8, 4) is 0 Å². The van der Waals surface area contributed by atoms with E-state index >= 15 is 0 Å². The van der Waals surface area contributed by atoms with Crippen LogP contribution in [0.1, 0.15) is 59.8 Å². The number of carboxylic acids is 1. The second kappa shape index (κ2) is 4.74. The van der Waals surface area contributed by atoms with E-state index in [9.17, 15) is 9.90 Å². The zero-order valence-corrected chi connectivity index (χ0v) is 11.0. The van der Waals surface area contributed by atoms with Gasteiger partial charge in [0.2, 0.25) is 0 Å². The molecule has 3 nitrogen and oxygen atoms in total. The predicted molar refractivity (Wildman–Crippen MR) is 65.5 cm³/mol. The van der Waals surface area contributed by atoms with E-state index in [0.29, 0.717) is 6.04 Å². The van der Waals surface area contributed by atoms with Crippen molar-refractivity contribution in [1.29, 1.82) is 0 Å². The molecule has 3 heteroatoms. The largest absolute Gasteiger partial charge is 0.480 e. The topological polar surface area (TPSA) is 49.3 Å². The molecule has 0 radical (unpaired) electrons. The fraction of sp³-hybridized carbons (Fsp3) is 0.923. The number of aliphatic carboxylic acids is 1. The molecule has 1 unspecified atom stereocenters. The molecule has 0 amide bonds. The first-order chi connectivity index (χ1) is 7.38. The third-order valence-corrected chi connectivity index (χ3v) is 3.73. The molecule has 1 atom stereocenters. The van der Waals surface area contributed by atoms with Crippen LogP contribution < -0.4 is 5.32 Å². The standard InChI is InChI=1S/C13H25NO2/c1-5-7-13(8-6-2,11(15)16)14-10-9-12(10,3)4/h10,14H,5-9H2,1-4H3,(H,15,16). The van der Waals surface area contributed by atoms with E-state index in [-0.39, 0.29) is 5.41 Å². The van der Waals surface area contributed by atoms with Crippen LogP contribution in [0.15, 0.2) is 0 Å². The number of carboxylic acid groups (broad SMARTS) is 1. The van der Waals surface area contributed by atoms with E-state index in [1.54, 1.807) is 0 Å². The third kappa shape index (κ3) is 2.76.